The van der Waals surface area contributed by atoms with Crippen LogP contribution in [0.15, 0.2) is 101 Å². The minimum absolute atomic E-state index is 0.0901. The van der Waals surface area contributed by atoms with E-state index in [4.69, 9.17) is 14.2 Å². The zero-order valence-electron chi connectivity index (χ0n) is 34.0. The van der Waals surface area contributed by atoms with Crippen LogP contribution in [-0.2, 0) is 28.7 Å². The first-order valence-electron chi connectivity index (χ1n) is 19.1. The normalized spacial score (nSPS) is 14.9. The minimum Gasteiger partial charge on any atom is -0.501 e. The Morgan fingerprint density at radius 1 is 0.965 bits per heavy atom. The lowest BCUT2D eigenvalue weighted by Crippen LogP contribution is -2.38. The van der Waals surface area contributed by atoms with Gasteiger partial charge in [-0.3, -0.25) is 19.2 Å². The van der Waals surface area contributed by atoms with Crippen molar-refractivity contribution in [2.45, 2.75) is 58.3 Å². The molecule has 0 fully saturated rings. The number of likely N-dealkylation sites (N-methyl/N-ethyl adjacent to an activating group) is 2. The molecule has 1 aliphatic rings. The molecule has 2 N–H and O–H groups in total. The average Bonchev–Trinajstić information content (AvgIpc) is 3.22. The summed E-state index contributed by atoms with van der Waals surface area (Å²) in [5.41, 5.74) is 7.03. The highest BCUT2D eigenvalue weighted by Crippen LogP contribution is 2.40. The van der Waals surface area contributed by atoms with Gasteiger partial charge in [-0.05, 0) is 79.2 Å². The third-order valence-electron chi connectivity index (χ3n) is 9.58. The van der Waals surface area contributed by atoms with Gasteiger partial charge in [0, 0.05) is 70.0 Å². The van der Waals surface area contributed by atoms with Gasteiger partial charge in [0.25, 0.3) is 5.91 Å². The number of rotatable bonds is 21. The van der Waals surface area contributed by atoms with E-state index in [1.54, 1.807) is 19.2 Å². The van der Waals surface area contributed by atoms with E-state index in [1.165, 1.54) is 18.7 Å². The van der Waals surface area contributed by atoms with Gasteiger partial charge in [0.05, 0.1) is 23.8 Å². The van der Waals surface area contributed by atoms with Crippen molar-refractivity contribution in [3.05, 3.63) is 107 Å². The van der Waals surface area contributed by atoms with Crippen LogP contribution in [0.5, 0.6) is 5.75 Å². The number of thioether (sulfide) groups is 1. The summed E-state index contributed by atoms with van der Waals surface area (Å²) in [6.45, 7) is 9.68. The molecule has 2 atom stereocenters. The van der Waals surface area contributed by atoms with Crippen molar-refractivity contribution in [1.82, 2.24) is 20.5 Å². The van der Waals surface area contributed by atoms with Gasteiger partial charge in [-0.2, -0.15) is 5.10 Å². The van der Waals surface area contributed by atoms with Crippen molar-refractivity contribution in [3.8, 4) is 5.75 Å². The Balaban J connectivity index is 1.42. The molecule has 0 bridgehead atoms. The lowest BCUT2D eigenvalue weighted by molar-refractivity contribution is -0.148. The van der Waals surface area contributed by atoms with Crippen LogP contribution in [0.3, 0.4) is 0 Å². The molecule has 3 aromatic carbocycles. The Kier molecular flexibility index (Phi) is 17.4. The van der Waals surface area contributed by atoms with Gasteiger partial charge in [0.15, 0.2) is 19.0 Å². The van der Waals surface area contributed by atoms with E-state index in [9.17, 15) is 19.2 Å². The summed E-state index contributed by atoms with van der Waals surface area (Å²) >= 11 is 1.50. The van der Waals surface area contributed by atoms with Crippen molar-refractivity contribution in [2.75, 3.05) is 54.0 Å². The van der Waals surface area contributed by atoms with Crippen LogP contribution in [0.1, 0.15) is 58.1 Å². The lowest BCUT2D eigenvalue weighted by atomic mass is 10.0. The predicted molar refractivity (Wildman–Crippen MR) is 228 cm³/mol. The number of hydrogen-bond acceptors (Lipinski definition) is 11. The molecular weight excluding hydrogens is 743 g/mol. The maximum Gasteiger partial charge on any atom is 0.303 e. The first-order chi connectivity index (χ1) is 27.4. The van der Waals surface area contributed by atoms with Crippen LogP contribution < -0.4 is 15.5 Å². The fourth-order valence-electron chi connectivity index (χ4n) is 6.03. The number of ether oxygens (including phenoxy) is 3. The van der Waals surface area contributed by atoms with Gasteiger partial charge < -0.3 is 29.3 Å². The van der Waals surface area contributed by atoms with Crippen molar-refractivity contribution in [2.24, 2.45) is 5.10 Å². The van der Waals surface area contributed by atoms with E-state index in [0.29, 0.717) is 57.5 Å². The monoisotopic (exact) mass is 797 g/mol. The molecule has 304 valence electrons. The molecular formula is C44H55N5O7S. The number of nitrogens with zero attached hydrogens (tertiary/aromatic N) is 3. The number of fused-ring (bicyclic) bond motifs is 1. The molecule has 12 nitrogen and oxygen atoms in total. The molecule has 0 spiro atoms. The number of hydrazone groups is 1. The third-order valence-corrected chi connectivity index (χ3v) is 11.2. The Morgan fingerprint density at radius 2 is 1.70 bits per heavy atom. The highest BCUT2D eigenvalue weighted by Gasteiger charge is 2.29. The van der Waals surface area contributed by atoms with Gasteiger partial charge in [-0.1, -0.05) is 55.0 Å². The number of benzene rings is 3. The Bertz CT molecular complexity index is 1990. The van der Waals surface area contributed by atoms with Crippen LogP contribution in [0.2, 0.25) is 0 Å². The smallest absolute Gasteiger partial charge is 0.303 e. The molecule has 0 aromatic heterocycles. The van der Waals surface area contributed by atoms with Crippen molar-refractivity contribution >= 4 is 57.2 Å². The fraction of sp³-hybridized carbons (Fsp3) is 0.386. The van der Waals surface area contributed by atoms with E-state index in [0.717, 1.165) is 49.5 Å². The van der Waals surface area contributed by atoms with Crippen LogP contribution in [0.4, 0.5) is 0 Å². The Hall–Kier alpha value is -5.40. The van der Waals surface area contributed by atoms with Gasteiger partial charge in [0.2, 0.25) is 5.91 Å². The maximum atomic E-state index is 12.6. The summed E-state index contributed by atoms with van der Waals surface area (Å²) in [4.78, 5) is 53.8. The number of amides is 2. The fourth-order valence-corrected chi connectivity index (χ4v) is 7.39. The van der Waals surface area contributed by atoms with E-state index in [-0.39, 0.29) is 18.4 Å². The molecule has 0 aliphatic carbocycles. The molecule has 2 amide bonds. The molecule has 3 aromatic rings. The molecule has 0 saturated carbocycles. The first kappa shape index (κ1) is 44.3. The molecule has 4 rings (SSSR count). The maximum absolute atomic E-state index is 12.6. The summed E-state index contributed by atoms with van der Waals surface area (Å²) in [5, 5.41) is 8.73. The summed E-state index contributed by atoms with van der Waals surface area (Å²) in [6.07, 6.45) is 5.18. The summed E-state index contributed by atoms with van der Waals surface area (Å²) in [5.74, 6) is 0.521. The minimum atomic E-state index is -1.01. The van der Waals surface area contributed by atoms with Gasteiger partial charge in [-0.25, -0.2) is 5.43 Å². The second kappa shape index (κ2) is 22.4. The highest BCUT2D eigenvalue weighted by molar-refractivity contribution is 8.09. The first-order valence-corrected chi connectivity index (χ1v) is 20.0. The third kappa shape index (κ3) is 13.6. The number of aldehydes is 1. The number of esters is 1. The number of carbonyl (C=O) groups excluding carboxylic acids is 4. The number of methoxy groups -OCH3 is 1. The second-order valence-corrected chi connectivity index (χ2v) is 15.0. The number of hydrogen-bond donors (Lipinski definition) is 2. The second-order valence-electron chi connectivity index (χ2n) is 13.8. The van der Waals surface area contributed by atoms with Crippen molar-refractivity contribution in [1.29, 1.82) is 0 Å². The van der Waals surface area contributed by atoms with Crippen molar-refractivity contribution < 1.29 is 33.4 Å². The van der Waals surface area contributed by atoms with E-state index in [2.05, 4.69) is 62.9 Å². The van der Waals surface area contributed by atoms with Gasteiger partial charge in [-0.15, -0.1) is 11.8 Å². The molecule has 0 radical (unpaired) electrons. The SMILES string of the molecule is CC/C(=C\C=C(/C)C(S/C(=C(/C)N(C)CCN(C)CCNC(=O)COc1ccc(C2=NNC(=O)CC2)cc1)c1ccc2ccccc2c1)C(C=O)OC(C)=O)OC. The summed E-state index contributed by atoms with van der Waals surface area (Å²) in [6, 6.07) is 21.8. The molecule has 57 heavy (non-hydrogen) atoms. The molecule has 1 heterocycles. The van der Waals surface area contributed by atoms with Crippen LogP contribution in [-0.4, -0.2) is 105 Å². The Labute approximate surface area is 340 Å². The largest absolute Gasteiger partial charge is 0.501 e. The lowest BCUT2D eigenvalue weighted by Gasteiger charge is -2.29. The van der Waals surface area contributed by atoms with Crippen LogP contribution >= 0.6 is 11.8 Å². The molecule has 13 heteroatoms. The van der Waals surface area contributed by atoms with E-state index in [1.807, 2.05) is 64.4 Å². The van der Waals surface area contributed by atoms with Crippen LogP contribution in [0, 0.1) is 0 Å². The quantitative estimate of drug-likeness (QED) is 0.0545. The zero-order valence-corrected chi connectivity index (χ0v) is 34.8. The van der Waals surface area contributed by atoms with E-state index >= 15 is 0 Å². The van der Waals surface area contributed by atoms with E-state index < -0.39 is 17.3 Å². The highest BCUT2D eigenvalue weighted by atomic mass is 32.2. The Morgan fingerprint density at radius 3 is 2.35 bits per heavy atom. The van der Waals surface area contributed by atoms with Crippen LogP contribution in [0.25, 0.3) is 15.7 Å². The van der Waals surface area contributed by atoms with Gasteiger partial charge >= 0.3 is 5.97 Å². The molecule has 0 saturated heterocycles. The van der Waals surface area contributed by atoms with Gasteiger partial charge in [0.1, 0.15) is 5.75 Å². The number of carbonyl (C=O) groups is 4. The topological polar surface area (TPSA) is 139 Å². The molecule has 1 aliphatic heterocycles. The average molecular weight is 798 g/mol. The summed E-state index contributed by atoms with van der Waals surface area (Å²) < 4.78 is 16.7. The number of nitrogens with one attached hydrogen (secondary N) is 2. The molecule has 2 unspecified atom stereocenters. The summed E-state index contributed by atoms with van der Waals surface area (Å²) in [7, 11) is 5.67. The number of allylic oxidation sites excluding steroid dienone is 4. The zero-order chi connectivity index (χ0) is 41.3. The van der Waals surface area contributed by atoms with Crippen molar-refractivity contribution in [3.63, 3.8) is 0 Å². The predicted octanol–water partition coefficient (Wildman–Crippen LogP) is 6.32. The standard InChI is InChI=1S/C44H55N5O7S/c1-8-37(54-7)18-13-30(2)43(40(28-50)56-32(4)51)57-44(36-15-14-33-11-9-10-12-35(33)27-36)31(3)49(6)26-25-48(5)24-23-45-42(53)29-55-38-19-16-34(17-20-38)39-21-22-41(52)47-46-39/h9-20,27-28,40,43H,8,21-26,29H2,1-7H3,(H,45,53)(H,47,52)/b30-13+,37-18+,44-31-.